The summed E-state index contributed by atoms with van der Waals surface area (Å²) in [6, 6.07) is 4.35. The van der Waals surface area contributed by atoms with Crippen LogP contribution in [0, 0.1) is 11.6 Å². The minimum atomic E-state index is -3.13. The third kappa shape index (κ3) is 4.86. The summed E-state index contributed by atoms with van der Waals surface area (Å²) in [5.74, 6) is -2.37. The second kappa shape index (κ2) is 11.0. The lowest BCUT2D eigenvalue weighted by Crippen LogP contribution is -2.45. The van der Waals surface area contributed by atoms with Crippen molar-refractivity contribution in [3.63, 3.8) is 0 Å². The predicted octanol–water partition coefficient (Wildman–Crippen LogP) is 5.47. The SMILES string of the molecule is CN1CCN(c2nc(OC[C@]34CCCN3C[C@@H](F)C4)nc3c(C(F)F)c(-c4cc(O)cc5ccc(F)c(F)c45)ncc23)CC1. The fourth-order valence-corrected chi connectivity index (χ4v) is 7.03. The highest BCUT2D eigenvalue weighted by molar-refractivity contribution is 6.02. The van der Waals surface area contributed by atoms with Crippen LogP contribution in [-0.2, 0) is 0 Å². The summed E-state index contributed by atoms with van der Waals surface area (Å²) in [6.45, 7) is 3.75. The number of fused-ring (bicyclic) bond motifs is 3. The van der Waals surface area contributed by atoms with Gasteiger partial charge in [-0.3, -0.25) is 9.88 Å². The first-order chi connectivity index (χ1) is 21.1. The Balaban J connectivity index is 1.41. The number of ether oxygens (including phenoxy) is 1. The highest BCUT2D eigenvalue weighted by Crippen LogP contribution is 2.43. The molecule has 0 radical (unpaired) electrons. The van der Waals surface area contributed by atoms with E-state index in [4.69, 9.17) is 4.74 Å². The quantitative estimate of drug-likeness (QED) is 0.287. The van der Waals surface area contributed by atoms with Crippen LogP contribution in [0.25, 0.3) is 32.9 Å². The zero-order valence-corrected chi connectivity index (χ0v) is 24.0. The van der Waals surface area contributed by atoms with Gasteiger partial charge in [0.25, 0.3) is 6.43 Å². The first-order valence-electron chi connectivity index (χ1n) is 14.7. The molecule has 232 valence electrons. The van der Waals surface area contributed by atoms with Crippen LogP contribution in [0.5, 0.6) is 11.8 Å². The number of piperazine rings is 1. The van der Waals surface area contributed by atoms with E-state index in [0.717, 1.165) is 31.5 Å². The van der Waals surface area contributed by atoms with Gasteiger partial charge in [-0.1, -0.05) is 6.07 Å². The Hall–Kier alpha value is -3.84. The van der Waals surface area contributed by atoms with Gasteiger partial charge >= 0.3 is 6.01 Å². The molecule has 1 N–H and O–H groups in total. The Bertz CT molecular complexity index is 1750. The van der Waals surface area contributed by atoms with E-state index in [1.54, 1.807) is 0 Å². The lowest BCUT2D eigenvalue weighted by molar-refractivity contribution is 0.107. The van der Waals surface area contributed by atoms with Crippen molar-refractivity contribution in [1.29, 1.82) is 0 Å². The average molecular weight is 615 g/mol. The molecule has 0 spiro atoms. The molecular weight excluding hydrogens is 583 g/mol. The molecule has 44 heavy (non-hydrogen) atoms. The molecule has 5 heterocycles. The standard InChI is InChI=1S/C31H31F5N6O2/c1-40-7-9-41(10-8-40)29-21-14-37-26(20-12-19(43)11-17-3-4-22(33)25(34)23(17)20)24(28(35)36)27(21)38-30(39-29)44-16-31-5-2-6-42(31)15-18(32)13-31/h3-4,11-12,14,18,28,43H,2,5-10,13,15-16H2,1H3/t18-,31+/m0/s1. The van der Waals surface area contributed by atoms with Gasteiger partial charge in [0, 0.05) is 56.3 Å². The normalized spacial score (nSPS) is 22.9. The molecule has 8 nitrogen and oxygen atoms in total. The Morgan fingerprint density at radius 1 is 1.09 bits per heavy atom. The van der Waals surface area contributed by atoms with Crippen LogP contribution in [0.15, 0.2) is 30.5 Å². The summed E-state index contributed by atoms with van der Waals surface area (Å²) in [7, 11) is 1.99. The highest BCUT2D eigenvalue weighted by atomic mass is 19.3. The van der Waals surface area contributed by atoms with Crippen LogP contribution in [0.2, 0.25) is 0 Å². The summed E-state index contributed by atoms with van der Waals surface area (Å²) in [6.07, 6.45) is -0.795. The van der Waals surface area contributed by atoms with Crippen LogP contribution in [0.1, 0.15) is 31.3 Å². The van der Waals surface area contributed by atoms with Gasteiger partial charge in [0.2, 0.25) is 0 Å². The van der Waals surface area contributed by atoms with Crippen molar-refractivity contribution in [1.82, 2.24) is 24.8 Å². The van der Waals surface area contributed by atoms with E-state index in [1.807, 2.05) is 11.9 Å². The van der Waals surface area contributed by atoms with Gasteiger partial charge in [-0.05, 0) is 50.0 Å². The Labute approximate surface area is 250 Å². The van der Waals surface area contributed by atoms with Crippen molar-refractivity contribution < 1.29 is 31.8 Å². The second-order valence-corrected chi connectivity index (χ2v) is 12.0. The number of benzene rings is 2. The van der Waals surface area contributed by atoms with Crippen molar-refractivity contribution >= 4 is 27.5 Å². The number of phenolic OH excluding ortho intramolecular Hbond substituents is 1. The molecule has 13 heteroatoms. The van der Waals surface area contributed by atoms with Crippen LogP contribution in [0.3, 0.4) is 0 Å². The molecule has 0 amide bonds. The Kier molecular flexibility index (Phi) is 7.19. The number of alkyl halides is 3. The predicted molar refractivity (Wildman–Crippen MR) is 155 cm³/mol. The van der Waals surface area contributed by atoms with E-state index in [9.17, 15) is 13.9 Å². The molecule has 2 atom stereocenters. The number of anilines is 1. The molecule has 0 unspecified atom stereocenters. The van der Waals surface area contributed by atoms with Gasteiger partial charge in [0.05, 0.1) is 27.7 Å². The van der Waals surface area contributed by atoms with E-state index in [1.165, 1.54) is 18.3 Å². The number of phenols is 1. The summed E-state index contributed by atoms with van der Waals surface area (Å²) in [5.41, 5.74) is -1.82. The Morgan fingerprint density at radius 2 is 1.89 bits per heavy atom. The minimum Gasteiger partial charge on any atom is -0.508 e. The zero-order chi connectivity index (χ0) is 30.7. The molecule has 3 aliphatic heterocycles. The number of nitrogens with zero attached hydrogens (tertiary/aromatic N) is 6. The van der Waals surface area contributed by atoms with Gasteiger partial charge in [-0.2, -0.15) is 9.97 Å². The number of rotatable bonds is 6. The summed E-state index contributed by atoms with van der Waals surface area (Å²) < 4.78 is 80.2. The molecule has 0 aliphatic carbocycles. The van der Waals surface area contributed by atoms with E-state index in [2.05, 4.69) is 24.8 Å². The maximum Gasteiger partial charge on any atom is 0.319 e. The number of halogens is 5. The first-order valence-corrected chi connectivity index (χ1v) is 14.7. The second-order valence-electron chi connectivity index (χ2n) is 12.0. The van der Waals surface area contributed by atoms with E-state index in [-0.39, 0.29) is 51.3 Å². The van der Waals surface area contributed by atoms with Crippen molar-refractivity contribution in [3.05, 3.63) is 47.7 Å². The molecular formula is C31H31F5N6O2. The fraction of sp³-hybridized carbons (Fsp3) is 0.452. The maximum atomic E-state index is 15.1. The molecule has 7 rings (SSSR count). The monoisotopic (exact) mass is 614 g/mol. The van der Waals surface area contributed by atoms with Gasteiger partial charge < -0.3 is 19.6 Å². The zero-order valence-electron chi connectivity index (χ0n) is 24.0. The van der Waals surface area contributed by atoms with Gasteiger partial charge in [0.1, 0.15) is 24.3 Å². The summed E-state index contributed by atoms with van der Waals surface area (Å²) in [4.78, 5) is 19.6. The fourth-order valence-electron chi connectivity index (χ4n) is 7.03. The average Bonchev–Trinajstić information content (AvgIpc) is 3.52. The molecule has 3 saturated heterocycles. The van der Waals surface area contributed by atoms with Gasteiger partial charge in [-0.15, -0.1) is 0 Å². The van der Waals surface area contributed by atoms with Crippen LogP contribution < -0.4 is 9.64 Å². The van der Waals surface area contributed by atoms with E-state index < -0.39 is 35.3 Å². The Morgan fingerprint density at radius 3 is 2.66 bits per heavy atom. The molecule has 3 fully saturated rings. The molecule has 2 aromatic heterocycles. The van der Waals surface area contributed by atoms with Crippen LogP contribution in [-0.4, -0.2) is 94.5 Å². The number of hydrogen-bond acceptors (Lipinski definition) is 8. The third-order valence-corrected chi connectivity index (χ3v) is 9.24. The number of likely N-dealkylation sites (N-methyl/N-ethyl adjacent to an activating group) is 1. The van der Waals surface area contributed by atoms with Gasteiger partial charge in [-0.25, -0.2) is 22.0 Å². The van der Waals surface area contributed by atoms with E-state index >= 15 is 13.2 Å². The van der Waals surface area contributed by atoms with Gasteiger partial charge in [0.15, 0.2) is 11.6 Å². The van der Waals surface area contributed by atoms with Crippen molar-refractivity contribution in [3.8, 4) is 23.0 Å². The van der Waals surface area contributed by atoms with Crippen molar-refractivity contribution in [2.45, 2.75) is 37.4 Å². The minimum absolute atomic E-state index is 0.102. The number of aromatic nitrogens is 3. The lowest BCUT2D eigenvalue weighted by atomic mass is 9.95. The van der Waals surface area contributed by atoms with Crippen molar-refractivity contribution in [2.24, 2.45) is 0 Å². The summed E-state index contributed by atoms with van der Waals surface area (Å²) >= 11 is 0. The number of aromatic hydroxyl groups is 1. The number of hydrogen-bond donors (Lipinski definition) is 1. The molecule has 3 aliphatic rings. The van der Waals surface area contributed by atoms with Crippen LogP contribution >= 0.6 is 0 Å². The van der Waals surface area contributed by atoms with Crippen LogP contribution in [0.4, 0.5) is 27.8 Å². The topological polar surface area (TPSA) is 77.9 Å². The molecule has 2 aromatic carbocycles. The highest BCUT2D eigenvalue weighted by Gasteiger charge is 2.49. The lowest BCUT2D eigenvalue weighted by Gasteiger charge is -2.34. The molecule has 0 saturated carbocycles. The smallest absolute Gasteiger partial charge is 0.319 e. The summed E-state index contributed by atoms with van der Waals surface area (Å²) in [5, 5.41) is 10.5. The number of pyridine rings is 1. The molecule has 4 aromatic rings. The largest absolute Gasteiger partial charge is 0.508 e. The first kappa shape index (κ1) is 28.9. The van der Waals surface area contributed by atoms with Crippen molar-refractivity contribution in [2.75, 3.05) is 57.8 Å². The maximum absolute atomic E-state index is 15.1. The van der Waals surface area contributed by atoms with E-state index in [0.29, 0.717) is 45.0 Å². The molecule has 0 bridgehead atoms. The third-order valence-electron chi connectivity index (χ3n) is 9.24.